The summed E-state index contributed by atoms with van der Waals surface area (Å²) < 4.78 is 7.21. The number of hydrogen-bond acceptors (Lipinski definition) is 6. The monoisotopic (exact) mass is 490 g/mol. The van der Waals surface area contributed by atoms with E-state index in [0.717, 1.165) is 42.8 Å². The van der Waals surface area contributed by atoms with E-state index in [9.17, 15) is 9.59 Å². The number of aromatic nitrogens is 2. The van der Waals surface area contributed by atoms with Crippen molar-refractivity contribution in [3.8, 4) is 11.1 Å². The lowest BCUT2D eigenvalue weighted by Crippen LogP contribution is -2.40. The average molecular weight is 491 g/mol. The first-order chi connectivity index (χ1) is 17.1. The highest BCUT2D eigenvalue weighted by atomic mass is 32.1. The molecule has 1 amide bonds. The first kappa shape index (κ1) is 23.5. The van der Waals surface area contributed by atoms with Crippen LogP contribution in [0.4, 0.5) is 0 Å². The molecule has 0 bridgehead atoms. The molecule has 4 aromatic rings. The van der Waals surface area contributed by atoms with Crippen LogP contribution in [0.1, 0.15) is 43.0 Å². The number of rotatable bonds is 8. The van der Waals surface area contributed by atoms with Crippen molar-refractivity contribution in [3.05, 3.63) is 76.0 Å². The number of fused-ring (bicyclic) bond motifs is 1. The zero-order chi connectivity index (χ0) is 24.2. The average Bonchev–Trinajstić information content (AvgIpc) is 3.56. The van der Waals surface area contributed by atoms with Gasteiger partial charge in [0.25, 0.3) is 5.56 Å². The van der Waals surface area contributed by atoms with Gasteiger partial charge in [0.15, 0.2) is 0 Å². The summed E-state index contributed by atoms with van der Waals surface area (Å²) in [5.74, 6) is 0.786. The molecule has 3 aromatic heterocycles. The van der Waals surface area contributed by atoms with Crippen LogP contribution in [0.3, 0.4) is 0 Å². The highest BCUT2D eigenvalue weighted by Gasteiger charge is 2.25. The van der Waals surface area contributed by atoms with Crippen LogP contribution in [0.15, 0.2) is 63.6 Å². The molecule has 1 N–H and O–H groups in total. The second-order valence-corrected chi connectivity index (χ2v) is 9.98. The predicted octanol–water partition coefficient (Wildman–Crippen LogP) is 4.76. The van der Waals surface area contributed by atoms with Crippen LogP contribution in [-0.4, -0.2) is 40.0 Å². The molecule has 182 valence electrons. The number of thiophene rings is 1. The molecule has 1 aliphatic rings. The van der Waals surface area contributed by atoms with Gasteiger partial charge in [0.2, 0.25) is 5.91 Å². The molecule has 1 unspecified atom stereocenters. The third-order valence-electron chi connectivity index (χ3n) is 6.70. The second-order valence-electron chi connectivity index (χ2n) is 9.12. The van der Waals surface area contributed by atoms with Gasteiger partial charge in [-0.3, -0.25) is 19.1 Å². The minimum absolute atomic E-state index is 0.0258. The molecule has 1 atom stereocenters. The van der Waals surface area contributed by atoms with Gasteiger partial charge in [-0.15, -0.1) is 11.3 Å². The van der Waals surface area contributed by atoms with Gasteiger partial charge in [-0.1, -0.05) is 36.2 Å². The van der Waals surface area contributed by atoms with Crippen LogP contribution >= 0.6 is 11.3 Å². The molecule has 1 saturated heterocycles. The third kappa shape index (κ3) is 5.23. The number of carbonyl (C=O) groups excluding carboxylic acids is 1. The first-order valence-electron chi connectivity index (χ1n) is 12.2. The number of hydrogen-bond donors (Lipinski definition) is 1. The van der Waals surface area contributed by atoms with Crippen molar-refractivity contribution in [1.82, 2.24) is 19.8 Å². The molecule has 35 heavy (non-hydrogen) atoms. The van der Waals surface area contributed by atoms with Gasteiger partial charge in [0.05, 0.1) is 24.0 Å². The van der Waals surface area contributed by atoms with Crippen molar-refractivity contribution < 1.29 is 9.21 Å². The SMILES string of the molecule is Cc1ccc(-c2csc3ncn(CCC(=O)NCC(c4ccco4)N4CCCCC4)c(=O)c23)cc1. The molecule has 0 spiro atoms. The predicted molar refractivity (Wildman–Crippen MR) is 139 cm³/mol. The van der Waals surface area contributed by atoms with E-state index in [1.165, 1.54) is 23.3 Å². The number of furan rings is 1. The maximum absolute atomic E-state index is 13.3. The van der Waals surface area contributed by atoms with Crippen molar-refractivity contribution in [1.29, 1.82) is 0 Å². The van der Waals surface area contributed by atoms with Crippen LogP contribution < -0.4 is 10.9 Å². The van der Waals surface area contributed by atoms with Gasteiger partial charge in [-0.05, 0) is 50.6 Å². The van der Waals surface area contributed by atoms with E-state index >= 15 is 0 Å². The van der Waals surface area contributed by atoms with Crippen LogP contribution in [-0.2, 0) is 11.3 Å². The summed E-state index contributed by atoms with van der Waals surface area (Å²) >= 11 is 1.47. The Balaban J connectivity index is 1.26. The van der Waals surface area contributed by atoms with Gasteiger partial charge < -0.3 is 9.73 Å². The second kappa shape index (κ2) is 10.6. The number of piperidine rings is 1. The normalized spacial score (nSPS) is 15.3. The maximum atomic E-state index is 13.3. The molecular formula is C27H30N4O3S. The number of nitrogens with zero attached hydrogens (tertiary/aromatic N) is 3. The van der Waals surface area contributed by atoms with Crippen molar-refractivity contribution in [2.24, 2.45) is 0 Å². The van der Waals surface area contributed by atoms with Crippen LogP contribution in [0, 0.1) is 6.92 Å². The number of likely N-dealkylation sites (tertiary alicyclic amines) is 1. The summed E-state index contributed by atoms with van der Waals surface area (Å²) in [6, 6.07) is 12.0. The van der Waals surface area contributed by atoms with Crippen molar-refractivity contribution in [2.75, 3.05) is 19.6 Å². The van der Waals surface area contributed by atoms with Crippen LogP contribution in [0.5, 0.6) is 0 Å². The third-order valence-corrected chi connectivity index (χ3v) is 7.59. The summed E-state index contributed by atoms with van der Waals surface area (Å²) in [6.07, 6.45) is 7.01. The summed E-state index contributed by atoms with van der Waals surface area (Å²) in [6.45, 7) is 4.82. The Morgan fingerprint density at radius 2 is 1.97 bits per heavy atom. The van der Waals surface area contributed by atoms with E-state index in [0.29, 0.717) is 16.8 Å². The fourth-order valence-electron chi connectivity index (χ4n) is 4.71. The smallest absolute Gasteiger partial charge is 0.262 e. The Kier molecular flexibility index (Phi) is 7.11. The van der Waals surface area contributed by atoms with Crippen molar-refractivity contribution >= 4 is 27.5 Å². The molecule has 0 saturated carbocycles. The zero-order valence-electron chi connectivity index (χ0n) is 19.9. The minimum atomic E-state index is -0.110. The highest BCUT2D eigenvalue weighted by molar-refractivity contribution is 7.17. The van der Waals surface area contributed by atoms with E-state index < -0.39 is 0 Å². The van der Waals surface area contributed by atoms with Gasteiger partial charge in [-0.25, -0.2) is 4.98 Å². The Morgan fingerprint density at radius 3 is 2.71 bits per heavy atom. The standard InChI is InChI=1S/C27H30N4O3S/c1-19-7-9-20(10-8-19)21-17-35-26-25(21)27(33)31(18-29-26)14-11-24(32)28-16-22(23-6-5-15-34-23)30-12-3-2-4-13-30/h5-10,15,17-18,22H,2-4,11-14,16H2,1H3,(H,28,32). The molecule has 4 heterocycles. The van der Waals surface area contributed by atoms with Gasteiger partial charge >= 0.3 is 0 Å². The number of amides is 1. The Bertz CT molecular complexity index is 1340. The van der Waals surface area contributed by atoms with Gasteiger partial charge in [0, 0.05) is 30.5 Å². The first-order valence-corrected chi connectivity index (χ1v) is 13.1. The van der Waals surface area contributed by atoms with Crippen molar-refractivity contribution in [3.63, 3.8) is 0 Å². The fraction of sp³-hybridized carbons (Fsp3) is 0.370. The summed E-state index contributed by atoms with van der Waals surface area (Å²) in [5, 5.41) is 5.66. The number of aryl methyl sites for hydroxylation is 2. The summed E-state index contributed by atoms with van der Waals surface area (Å²) in [5.41, 5.74) is 2.95. The molecule has 1 aromatic carbocycles. The molecule has 8 heteroatoms. The van der Waals surface area contributed by atoms with E-state index in [-0.39, 0.29) is 30.5 Å². The Morgan fingerprint density at radius 1 is 1.17 bits per heavy atom. The number of nitrogens with one attached hydrogen (secondary N) is 1. The fourth-order valence-corrected chi connectivity index (χ4v) is 5.62. The van der Waals surface area contributed by atoms with E-state index in [1.807, 2.05) is 48.7 Å². The topological polar surface area (TPSA) is 80.4 Å². The summed E-state index contributed by atoms with van der Waals surface area (Å²) in [7, 11) is 0. The quantitative estimate of drug-likeness (QED) is 0.385. The van der Waals surface area contributed by atoms with Gasteiger partial charge in [0.1, 0.15) is 10.6 Å². The lowest BCUT2D eigenvalue weighted by Gasteiger charge is -2.33. The largest absolute Gasteiger partial charge is 0.468 e. The highest BCUT2D eigenvalue weighted by Crippen LogP contribution is 2.30. The van der Waals surface area contributed by atoms with Crippen LogP contribution in [0.2, 0.25) is 0 Å². The van der Waals surface area contributed by atoms with E-state index in [4.69, 9.17) is 4.42 Å². The maximum Gasteiger partial charge on any atom is 0.262 e. The number of benzene rings is 1. The molecule has 7 nitrogen and oxygen atoms in total. The molecule has 0 aliphatic carbocycles. The molecule has 5 rings (SSSR count). The lowest BCUT2D eigenvalue weighted by atomic mass is 10.1. The van der Waals surface area contributed by atoms with E-state index in [1.54, 1.807) is 17.2 Å². The molecule has 1 fully saturated rings. The lowest BCUT2D eigenvalue weighted by molar-refractivity contribution is -0.121. The molecule has 0 radical (unpaired) electrons. The Labute approximate surface area is 208 Å². The molecule has 1 aliphatic heterocycles. The van der Waals surface area contributed by atoms with Gasteiger partial charge in [-0.2, -0.15) is 0 Å². The Hall–Kier alpha value is -3.23. The number of carbonyl (C=O) groups is 1. The van der Waals surface area contributed by atoms with E-state index in [2.05, 4.69) is 15.2 Å². The summed E-state index contributed by atoms with van der Waals surface area (Å²) in [4.78, 5) is 33.6. The zero-order valence-corrected chi connectivity index (χ0v) is 20.7. The minimum Gasteiger partial charge on any atom is -0.468 e. The van der Waals surface area contributed by atoms with Crippen LogP contribution in [0.25, 0.3) is 21.3 Å². The van der Waals surface area contributed by atoms with Crippen molar-refractivity contribution in [2.45, 2.75) is 45.2 Å². The molecular weight excluding hydrogens is 460 g/mol.